The lowest BCUT2D eigenvalue weighted by Gasteiger charge is -2.19. The highest BCUT2D eigenvalue weighted by Crippen LogP contribution is 2.30. The normalized spacial score (nSPS) is 11.9. The van der Waals surface area contributed by atoms with Crippen LogP contribution in [0.1, 0.15) is 21.5 Å². The molecule has 40 heavy (non-hydrogen) atoms. The van der Waals surface area contributed by atoms with Gasteiger partial charge >= 0.3 is 6.18 Å². The smallest absolute Gasteiger partial charge is 0.416 e. The maximum Gasteiger partial charge on any atom is 0.416 e. The predicted molar refractivity (Wildman–Crippen MR) is 140 cm³/mol. The lowest BCUT2D eigenvalue weighted by atomic mass is 10.1. The third-order valence-corrected chi connectivity index (χ3v) is 5.61. The molecule has 0 saturated heterocycles. The molecule has 0 saturated carbocycles. The molecular weight excluding hydrogens is 528 g/mol. The van der Waals surface area contributed by atoms with Gasteiger partial charge in [0.05, 0.1) is 18.8 Å². The van der Waals surface area contributed by atoms with E-state index in [1.165, 1.54) is 0 Å². The van der Waals surface area contributed by atoms with E-state index in [1.807, 2.05) is 24.3 Å². The van der Waals surface area contributed by atoms with Crippen LogP contribution in [-0.2, 0) is 22.3 Å². The summed E-state index contributed by atoms with van der Waals surface area (Å²) in [7, 11) is 0. The minimum atomic E-state index is -4.86. The molecule has 6 nitrogen and oxygen atoms in total. The standard InChI is InChI=1S/C30H24F4N2O4/c31-23-16-21(15-22(17-23)30(32,33)34)28(37)36-27(19-39-18-20-7-3-1-4-8-20)29(38)35-24-11-13-26(14-12-24)40-25-9-5-2-6-10-25/h1-17,27H,18-19H2,(H,35,38)(H,36,37). The van der Waals surface area contributed by atoms with Gasteiger partial charge in [0.2, 0.25) is 5.91 Å². The van der Waals surface area contributed by atoms with Gasteiger partial charge in [-0.3, -0.25) is 9.59 Å². The van der Waals surface area contributed by atoms with E-state index in [0.29, 0.717) is 29.3 Å². The predicted octanol–water partition coefficient (Wildman–Crippen LogP) is 6.59. The number of hydrogen-bond donors (Lipinski definition) is 2. The number of ether oxygens (including phenoxy) is 2. The van der Waals surface area contributed by atoms with Crippen LogP contribution in [-0.4, -0.2) is 24.5 Å². The third kappa shape index (κ3) is 8.15. The van der Waals surface area contributed by atoms with Gasteiger partial charge in [0.1, 0.15) is 23.4 Å². The average molecular weight is 553 g/mol. The molecule has 4 rings (SSSR count). The average Bonchev–Trinajstić information content (AvgIpc) is 2.94. The first-order chi connectivity index (χ1) is 19.2. The summed E-state index contributed by atoms with van der Waals surface area (Å²) < 4.78 is 64.6. The minimum absolute atomic E-state index is 0.115. The second kappa shape index (κ2) is 12.9. The van der Waals surface area contributed by atoms with Crippen molar-refractivity contribution in [2.75, 3.05) is 11.9 Å². The van der Waals surface area contributed by atoms with E-state index in [2.05, 4.69) is 10.6 Å². The summed E-state index contributed by atoms with van der Waals surface area (Å²) in [6.45, 7) is -0.187. The zero-order valence-electron chi connectivity index (χ0n) is 21.0. The van der Waals surface area contributed by atoms with E-state index in [9.17, 15) is 27.2 Å². The number of carbonyl (C=O) groups is 2. The van der Waals surface area contributed by atoms with Crippen molar-refractivity contribution in [3.8, 4) is 11.5 Å². The van der Waals surface area contributed by atoms with E-state index in [-0.39, 0.29) is 19.3 Å². The molecule has 0 bridgehead atoms. The summed E-state index contributed by atoms with van der Waals surface area (Å²) in [6.07, 6.45) is -4.86. The molecule has 0 fully saturated rings. The molecular formula is C30H24F4N2O4. The number of amides is 2. The highest BCUT2D eigenvalue weighted by atomic mass is 19.4. The zero-order valence-corrected chi connectivity index (χ0v) is 21.0. The largest absolute Gasteiger partial charge is 0.457 e. The number of para-hydroxylation sites is 1. The summed E-state index contributed by atoms with van der Waals surface area (Å²) in [5.41, 5.74) is -0.729. The number of halogens is 4. The van der Waals surface area contributed by atoms with Crippen molar-refractivity contribution in [1.82, 2.24) is 5.32 Å². The summed E-state index contributed by atoms with van der Waals surface area (Å²) in [4.78, 5) is 25.9. The van der Waals surface area contributed by atoms with Crippen molar-refractivity contribution in [1.29, 1.82) is 0 Å². The Kier molecular flexibility index (Phi) is 9.13. The van der Waals surface area contributed by atoms with Crippen molar-refractivity contribution in [3.63, 3.8) is 0 Å². The van der Waals surface area contributed by atoms with Crippen LogP contribution < -0.4 is 15.4 Å². The lowest BCUT2D eigenvalue weighted by Crippen LogP contribution is -2.46. The first-order valence-electron chi connectivity index (χ1n) is 12.1. The second-order valence-electron chi connectivity index (χ2n) is 8.68. The molecule has 0 aliphatic carbocycles. The second-order valence-corrected chi connectivity index (χ2v) is 8.68. The number of rotatable bonds is 10. The molecule has 0 aliphatic rings. The quantitative estimate of drug-likeness (QED) is 0.218. The van der Waals surface area contributed by atoms with E-state index in [1.54, 1.807) is 60.7 Å². The topological polar surface area (TPSA) is 76.7 Å². The van der Waals surface area contributed by atoms with Gasteiger partial charge in [0.25, 0.3) is 5.91 Å². The summed E-state index contributed by atoms with van der Waals surface area (Å²) in [6, 6.07) is 24.7. The molecule has 1 atom stereocenters. The van der Waals surface area contributed by atoms with Gasteiger partial charge in [-0.05, 0) is 60.2 Å². The maximum atomic E-state index is 13.9. The van der Waals surface area contributed by atoms with Gasteiger partial charge in [0, 0.05) is 11.3 Å². The van der Waals surface area contributed by atoms with E-state index in [0.717, 1.165) is 5.56 Å². The van der Waals surface area contributed by atoms with Crippen LogP contribution in [0.3, 0.4) is 0 Å². The van der Waals surface area contributed by atoms with E-state index in [4.69, 9.17) is 9.47 Å². The van der Waals surface area contributed by atoms with E-state index >= 15 is 0 Å². The molecule has 0 heterocycles. The number of anilines is 1. The molecule has 1 unspecified atom stereocenters. The molecule has 4 aromatic carbocycles. The molecule has 0 radical (unpaired) electrons. The number of nitrogens with one attached hydrogen (secondary N) is 2. The molecule has 0 aromatic heterocycles. The van der Waals surface area contributed by atoms with Gasteiger partial charge in [-0.15, -0.1) is 0 Å². The highest BCUT2D eigenvalue weighted by Gasteiger charge is 2.32. The maximum absolute atomic E-state index is 13.9. The Hall–Kier alpha value is -4.70. The Morgan fingerprint density at radius 2 is 1.43 bits per heavy atom. The lowest BCUT2D eigenvalue weighted by molar-refractivity contribution is -0.137. The Bertz CT molecular complexity index is 1430. The molecule has 2 N–H and O–H groups in total. The fraction of sp³-hybridized carbons (Fsp3) is 0.133. The summed E-state index contributed by atoms with van der Waals surface area (Å²) in [5.74, 6) is -1.85. The van der Waals surface area contributed by atoms with Crippen LogP contribution in [0.2, 0.25) is 0 Å². The Morgan fingerprint density at radius 3 is 2.08 bits per heavy atom. The molecule has 0 aliphatic heterocycles. The van der Waals surface area contributed by atoms with Crippen molar-refractivity contribution in [2.24, 2.45) is 0 Å². The van der Waals surface area contributed by atoms with Crippen LogP contribution in [0.25, 0.3) is 0 Å². The fourth-order valence-corrected chi connectivity index (χ4v) is 3.64. The third-order valence-electron chi connectivity index (χ3n) is 5.61. The van der Waals surface area contributed by atoms with Crippen LogP contribution in [0, 0.1) is 5.82 Å². The number of alkyl halides is 3. The van der Waals surface area contributed by atoms with Crippen molar-refractivity contribution in [2.45, 2.75) is 18.8 Å². The van der Waals surface area contributed by atoms with Crippen LogP contribution in [0.5, 0.6) is 11.5 Å². The first-order valence-corrected chi connectivity index (χ1v) is 12.1. The van der Waals surface area contributed by atoms with Crippen molar-refractivity contribution in [3.05, 3.63) is 126 Å². The Balaban J connectivity index is 1.46. The fourth-order valence-electron chi connectivity index (χ4n) is 3.64. The van der Waals surface area contributed by atoms with Gasteiger partial charge in [0.15, 0.2) is 0 Å². The summed E-state index contributed by atoms with van der Waals surface area (Å²) in [5, 5.41) is 5.00. The minimum Gasteiger partial charge on any atom is -0.457 e. The molecule has 10 heteroatoms. The zero-order chi connectivity index (χ0) is 28.5. The van der Waals surface area contributed by atoms with Gasteiger partial charge < -0.3 is 20.1 Å². The van der Waals surface area contributed by atoms with Crippen LogP contribution in [0.4, 0.5) is 23.2 Å². The van der Waals surface area contributed by atoms with Crippen LogP contribution >= 0.6 is 0 Å². The number of carbonyl (C=O) groups excluding carboxylic acids is 2. The summed E-state index contributed by atoms with van der Waals surface area (Å²) >= 11 is 0. The SMILES string of the molecule is O=C(NC(COCc1ccccc1)C(=O)Nc1ccc(Oc2ccccc2)cc1)c1cc(F)cc(C(F)(F)F)c1. The highest BCUT2D eigenvalue weighted by molar-refractivity contribution is 6.01. The Labute approximate surface area is 227 Å². The number of hydrogen-bond acceptors (Lipinski definition) is 4. The van der Waals surface area contributed by atoms with Gasteiger partial charge in [-0.25, -0.2) is 4.39 Å². The molecule has 206 valence electrons. The molecule has 0 spiro atoms. The number of benzene rings is 4. The van der Waals surface area contributed by atoms with Crippen LogP contribution in [0.15, 0.2) is 103 Å². The van der Waals surface area contributed by atoms with Gasteiger partial charge in [-0.2, -0.15) is 13.2 Å². The van der Waals surface area contributed by atoms with Crippen molar-refractivity contribution < 1.29 is 36.6 Å². The Morgan fingerprint density at radius 1 is 0.800 bits per heavy atom. The van der Waals surface area contributed by atoms with E-state index < -0.39 is 41.0 Å². The first kappa shape index (κ1) is 28.3. The van der Waals surface area contributed by atoms with Crippen molar-refractivity contribution >= 4 is 17.5 Å². The molecule has 2 amide bonds. The monoisotopic (exact) mass is 552 g/mol. The van der Waals surface area contributed by atoms with Gasteiger partial charge in [-0.1, -0.05) is 48.5 Å². The molecule has 4 aromatic rings.